The van der Waals surface area contributed by atoms with Crippen LogP contribution in [0.2, 0.25) is 0 Å². The summed E-state index contributed by atoms with van der Waals surface area (Å²) in [5, 5.41) is 4.90. The van der Waals surface area contributed by atoms with Crippen LogP contribution >= 0.6 is 0 Å². The van der Waals surface area contributed by atoms with Gasteiger partial charge < -0.3 is 14.0 Å². The minimum atomic E-state index is 1.08. The first kappa shape index (κ1) is 43.8. The number of rotatable bonds is 10. The molecular weight excluding hydrogens is 907 g/mol. The van der Waals surface area contributed by atoms with Crippen molar-refractivity contribution in [1.82, 2.24) is 9.13 Å². The van der Waals surface area contributed by atoms with Gasteiger partial charge in [0.2, 0.25) is 0 Å². The Kier molecular flexibility index (Phi) is 10.8. The molecule has 3 nitrogen and oxygen atoms in total. The average molecular weight is 956 g/mol. The molecule has 0 aliphatic heterocycles. The third kappa shape index (κ3) is 7.86. The van der Waals surface area contributed by atoms with Crippen LogP contribution in [0.5, 0.6) is 0 Å². The highest BCUT2D eigenvalue weighted by Gasteiger charge is 2.21. The largest absolute Gasteiger partial charge is 0.310 e. The van der Waals surface area contributed by atoms with Gasteiger partial charge in [-0.1, -0.05) is 194 Å². The fourth-order valence-electron chi connectivity index (χ4n) is 11.4. The summed E-state index contributed by atoms with van der Waals surface area (Å²) < 4.78 is 4.83. The molecule has 0 N–H and O–H groups in total. The fourth-order valence-corrected chi connectivity index (χ4v) is 11.4. The van der Waals surface area contributed by atoms with Gasteiger partial charge in [-0.2, -0.15) is 0 Å². The fraction of sp³-hybridized carbons (Fsp3) is 0. The minimum absolute atomic E-state index is 1.08. The molecule has 0 unspecified atom stereocenters. The smallest absolute Gasteiger partial charge is 0.0547 e. The molecule has 0 fully saturated rings. The lowest BCUT2D eigenvalue weighted by atomic mass is 9.91. The molecule has 0 bridgehead atoms. The highest BCUT2D eigenvalue weighted by atomic mass is 15.1. The van der Waals surface area contributed by atoms with Crippen molar-refractivity contribution < 1.29 is 0 Å². The Morgan fingerprint density at radius 1 is 0.213 bits per heavy atom. The predicted molar refractivity (Wildman–Crippen MR) is 317 cm³/mol. The van der Waals surface area contributed by atoms with Crippen LogP contribution in [0.4, 0.5) is 17.1 Å². The van der Waals surface area contributed by atoms with Gasteiger partial charge in [-0.25, -0.2) is 0 Å². The summed E-state index contributed by atoms with van der Waals surface area (Å²) in [4.78, 5) is 2.41. The summed E-state index contributed by atoms with van der Waals surface area (Å²) in [7, 11) is 0. The molecule has 352 valence electrons. The van der Waals surface area contributed by atoms with E-state index in [1.165, 1.54) is 65.9 Å². The Bertz CT molecular complexity index is 4400. The average Bonchev–Trinajstić information content (AvgIpc) is 4.01. The first-order valence-corrected chi connectivity index (χ1v) is 25.7. The third-order valence-corrected chi connectivity index (χ3v) is 14.9. The number of aromatic nitrogens is 2. The zero-order valence-electron chi connectivity index (χ0n) is 41.1. The van der Waals surface area contributed by atoms with Gasteiger partial charge in [0.25, 0.3) is 0 Å². The van der Waals surface area contributed by atoms with Crippen LogP contribution < -0.4 is 4.90 Å². The van der Waals surface area contributed by atoms with Crippen LogP contribution in [0.25, 0.3) is 111 Å². The Hall–Kier alpha value is -9.96. The van der Waals surface area contributed by atoms with E-state index in [1.807, 2.05) is 0 Å². The predicted octanol–water partition coefficient (Wildman–Crippen LogP) is 19.7. The van der Waals surface area contributed by atoms with Gasteiger partial charge in [-0.3, -0.25) is 0 Å². The van der Waals surface area contributed by atoms with E-state index in [1.54, 1.807) is 0 Å². The van der Waals surface area contributed by atoms with Gasteiger partial charge in [0.1, 0.15) is 0 Å². The Balaban J connectivity index is 0.986. The van der Waals surface area contributed by atoms with Crippen molar-refractivity contribution in [2.45, 2.75) is 0 Å². The van der Waals surface area contributed by atoms with E-state index in [0.717, 1.165) is 61.8 Å². The van der Waals surface area contributed by atoms with Crippen LogP contribution in [0.3, 0.4) is 0 Å². The molecule has 2 heterocycles. The lowest BCUT2D eigenvalue weighted by molar-refractivity contribution is 1.18. The molecule has 0 aliphatic rings. The Morgan fingerprint density at radius 2 is 0.667 bits per heavy atom. The van der Waals surface area contributed by atoms with E-state index in [2.05, 4.69) is 311 Å². The zero-order chi connectivity index (χ0) is 49.7. The van der Waals surface area contributed by atoms with Crippen molar-refractivity contribution in [3.63, 3.8) is 0 Å². The van der Waals surface area contributed by atoms with E-state index in [4.69, 9.17) is 0 Å². The summed E-state index contributed by atoms with van der Waals surface area (Å²) in [6.07, 6.45) is 0. The van der Waals surface area contributed by atoms with Crippen LogP contribution in [0, 0.1) is 0 Å². The second kappa shape index (κ2) is 18.6. The van der Waals surface area contributed by atoms with E-state index in [-0.39, 0.29) is 0 Å². The highest BCUT2D eigenvalue weighted by molar-refractivity contribution is 6.12. The van der Waals surface area contributed by atoms with Gasteiger partial charge in [-0.15, -0.1) is 0 Å². The van der Waals surface area contributed by atoms with Gasteiger partial charge >= 0.3 is 0 Å². The van der Waals surface area contributed by atoms with Crippen LogP contribution in [-0.2, 0) is 0 Å². The molecule has 12 aromatic carbocycles. The van der Waals surface area contributed by atoms with Crippen molar-refractivity contribution in [2.24, 2.45) is 0 Å². The maximum absolute atomic E-state index is 2.42. The first-order valence-electron chi connectivity index (χ1n) is 25.7. The topological polar surface area (TPSA) is 13.1 Å². The molecule has 75 heavy (non-hydrogen) atoms. The molecule has 3 heteroatoms. The lowest BCUT2D eigenvalue weighted by Gasteiger charge is -2.28. The zero-order valence-corrected chi connectivity index (χ0v) is 41.1. The van der Waals surface area contributed by atoms with Gasteiger partial charge in [0.15, 0.2) is 0 Å². The van der Waals surface area contributed by atoms with Crippen molar-refractivity contribution in [3.8, 4) is 67.0 Å². The molecule has 14 rings (SSSR count). The molecule has 0 aliphatic carbocycles. The molecule has 14 aromatic rings. The summed E-state index contributed by atoms with van der Waals surface area (Å²) in [6, 6.07) is 108. The Morgan fingerprint density at radius 3 is 1.37 bits per heavy atom. The van der Waals surface area contributed by atoms with Gasteiger partial charge in [0.05, 0.1) is 27.8 Å². The number of fused-ring (bicyclic) bond motifs is 6. The third-order valence-electron chi connectivity index (χ3n) is 14.9. The monoisotopic (exact) mass is 955 g/mol. The molecule has 0 amide bonds. The second-order valence-corrected chi connectivity index (χ2v) is 19.3. The van der Waals surface area contributed by atoms with Crippen molar-refractivity contribution >= 4 is 60.7 Å². The van der Waals surface area contributed by atoms with E-state index < -0.39 is 0 Å². The second-order valence-electron chi connectivity index (χ2n) is 19.3. The number of nitrogens with zero attached hydrogens (tertiary/aromatic N) is 3. The maximum atomic E-state index is 2.42. The number of para-hydroxylation sites is 5. The quantitative estimate of drug-likeness (QED) is 0.133. The molecule has 0 radical (unpaired) electrons. The summed E-state index contributed by atoms with van der Waals surface area (Å²) in [5.41, 5.74) is 21.8. The van der Waals surface area contributed by atoms with Crippen LogP contribution in [0.1, 0.15) is 0 Å². The summed E-state index contributed by atoms with van der Waals surface area (Å²) >= 11 is 0. The molecule has 0 saturated carbocycles. The van der Waals surface area contributed by atoms with Crippen molar-refractivity contribution in [3.05, 3.63) is 297 Å². The molecule has 2 aromatic heterocycles. The minimum Gasteiger partial charge on any atom is -0.310 e. The molecule has 0 atom stereocenters. The van der Waals surface area contributed by atoms with Crippen LogP contribution in [-0.4, -0.2) is 9.13 Å². The van der Waals surface area contributed by atoms with E-state index >= 15 is 0 Å². The number of benzene rings is 12. The summed E-state index contributed by atoms with van der Waals surface area (Å²) in [5.74, 6) is 0. The van der Waals surface area contributed by atoms with Gasteiger partial charge in [0, 0.05) is 49.9 Å². The maximum Gasteiger partial charge on any atom is 0.0547 e. The van der Waals surface area contributed by atoms with Gasteiger partial charge in [-0.05, 0) is 153 Å². The number of hydrogen-bond donors (Lipinski definition) is 0. The van der Waals surface area contributed by atoms with E-state index in [0.29, 0.717) is 0 Å². The molecule has 0 saturated heterocycles. The van der Waals surface area contributed by atoms with E-state index in [9.17, 15) is 0 Å². The Labute approximate surface area is 436 Å². The summed E-state index contributed by atoms with van der Waals surface area (Å²) in [6.45, 7) is 0. The first-order chi connectivity index (χ1) is 37.2. The normalized spacial score (nSPS) is 11.5. The SMILES string of the molecule is c1ccc(-c2cccc(N(c3ccccc3)c3ccccc3-c3cc(-c4ccc5c(c4)c4ccccc4n5-c4cccc(-c5ccccc5)c4)cc(-c4ccc5c6ccccc6n(-c6ccccc6)c5c4)c3)c2)cc1. The number of anilines is 3. The van der Waals surface area contributed by atoms with Crippen molar-refractivity contribution in [1.29, 1.82) is 0 Å². The molecular formula is C72H49N3. The number of hydrogen-bond acceptors (Lipinski definition) is 1. The highest BCUT2D eigenvalue weighted by Crippen LogP contribution is 2.45. The van der Waals surface area contributed by atoms with Crippen LogP contribution in [0.15, 0.2) is 297 Å². The lowest BCUT2D eigenvalue weighted by Crippen LogP contribution is -2.11. The van der Waals surface area contributed by atoms with Crippen molar-refractivity contribution in [2.75, 3.05) is 4.90 Å². The molecule has 0 spiro atoms. The standard InChI is InChI=1S/C72H49N3/c1-5-21-50(22-6-1)52-25-19-31-61(46-52)73(59-27-9-3-10-28-59)68-36-16-13-33-63(68)58-44-56(43-57(45-58)55-39-41-66-64-34-14-17-37-69(64)74(72(66)49-55)60-29-11-4-12-30-60)54-40-42-71-67(48-54)65-35-15-18-38-70(65)75(71)62-32-20-26-53(47-62)51-23-7-2-8-24-51/h1-49H.